The Hall–Kier alpha value is -1.36. The van der Waals surface area contributed by atoms with E-state index in [1.807, 2.05) is 22.7 Å². The Kier molecular flexibility index (Phi) is 7.48. The molecule has 1 amide bonds. The van der Waals surface area contributed by atoms with Gasteiger partial charge in [0.15, 0.2) is 5.96 Å². The van der Waals surface area contributed by atoms with Crippen LogP contribution in [-0.4, -0.2) is 77.4 Å². The standard InChI is InChI=1S/C16H26N6O2.HI/c1-17-16(18-12-13-5-6-19-20(13)2)22-9-7-21(8-10-22)15(23)14-4-3-11-24-14;/h5-6,14H,3-4,7-12H2,1-2H3,(H,17,18);1H. The molecule has 0 bridgehead atoms. The number of nitrogens with zero attached hydrogens (tertiary/aromatic N) is 5. The second-order valence-corrected chi connectivity index (χ2v) is 6.16. The molecule has 3 rings (SSSR count). The first-order valence-corrected chi connectivity index (χ1v) is 8.52. The zero-order chi connectivity index (χ0) is 16.9. The van der Waals surface area contributed by atoms with Crippen molar-refractivity contribution in [2.24, 2.45) is 12.0 Å². The molecule has 1 aromatic rings. The van der Waals surface area contributed by atoms with Crippen LogP contribution in [-0.2, 0) is 23.1 Å². The molecule has 0 radical (unpaired) electrons. The third-order valence-corrected chi connectivity index (χ3v) is 4.66. The van der Waals surface area contributed by atoms with E-state index in [2.05, 4.69) is 20.3 Å². The van der Waals surface area contributed by atoms with Crippen LogP contribution in [0.4, 0.5) is 0 Å². The number of guanidine groups is 1. The first kappa shape index (κ1) is 20.0. The summed E-state index contributed by atoms with van der Waals surface area (Å²) >= 11 is 0. The molecule has 25 heavy (non-hydrogen) atoms. The lowest BCUT2D eigenvalue weighted by Crippen LogP contribution is -2.55. The van der Waals surface area contributed by atoms with E-state index in [0.717, 1.165) is 37.6 Å². The highest BCUT2D eigenvalue weighted by Gasteiger charge is 2.30. The third-order valence-electron chi connectivity index (χ3n) is 4.66. The Bertz CT molecular complexity index is 591. The van der Waals surface area contributed by atoms with Crippen molar-refractivity contribution in [2.45, 2.75) is 25.5 Å². The number of hydrogen-bond donors (Lipinski definition) is 1. The van der Waals surface area contributed by atoms with Gasteiger partial charge in [-0.1, -0.05) is 0 Å². The molecule has 1 N–H and O–H groups in total. The maximum absolute atomic E-state index is 12.4. The third kappa shape index (κ3) is 4.84. The second-order valence-electron chi connectivity index (χ2n) is 6.16. The van der Waals surface area contributed by atoms with Crippen LogP contribution in [0.3, 0.4) is 0 Å². The van der Waals surface area contributed by atoms with Crippen LogP contribution in [0.5, 0.6) is 0 Å². The predicted molar refractivity (Wildman–Crippen MR) is 106 cm³/mol. The highest BCUT2D eigenvalue weighted by molar-refractivity contribution is 14.0. The number of hydrogen-bond acceptors (Lipinski definition) is 4. The molecular weight excluding hydrogens is 435 g/mol. The highest BCUT2D eigenvalue weighted by Crippen LogP contribution is 2.16. The zero-order valence-electron chi connectivity index (χ0n) is 14.8. The summed E-state index contributed by atoms with van der Waals surface area (Å²) in [5.74, 6) is 1.00. The van der Waals surface area contributed by atoms with Crippen LogP contribution in [0.1, 0.15) is 18.5 Å². The number of aliphatic imine (C=N–C) groups is 1. The van der Waals surface area contributed by atoms with Gasteiger partial charge in [-0.3, -0.25) is 14.5 Å². The van der Waals surface area contributed by atoms with Crippen molar-refractivity contribution in [2.75, 3.05) is 39.8 Å². The summed E-state index contributed by atoms with van der Waals surface area (Å²) in [6, 6.07) is 1.98. The molecule has 2 aliphatic rings. The highest BCUT2D eigenvalue weighted by atomic mass is 127. The number of carbonyl (C=O) groups is 1. The fourth-order valence-electron chi connectivity index (χ4n) is 3.19. The van der Waals surface area contributed by atoms with Gasteiger partial charge in [0.1, 0.15) is 6.10 Å². The Labute approximate surface area is 165 Å². The van der Waals surface area contributed by atoms with Gasteiger partial charge >= 0.3 is 0 Å². The van der Waals surface area contributed by atoms with Crippen LogP contribution in [0.15, 0.2) is 17.3 Å². The number of rotatable bonds is 3. The van der Waals surface area contributed by atoms with E-state index in [1.165, 1.54) is 0 Å². The van der Waals surface area contributed by atoms with Crippen LogP contribution < -0.4 is 5.32 Å². The van der Waals surface area contributed by atoms with E-state index in [0.29, 0.717) is 26.2 Å². The lowest BCUT2D eigenvalue weighted by Gasteiger charge is -2.37. The van der Waals surface area contributed by atoms with E-state index in [1.54, 1.807) is 13.2 Å². The summed E-state index contributed by atoms with van der Waals surface area (Å²) < 4.78 is 7.35. The number of carbonyl (C=O) groups excluding carboxylic acids is 1. The van der Waals surface area contributed by atoms with Crippen LogP contribution in [0.2, 0.25) is 0 Å². The van der Waals surface area contributed by atoms with Gasteiger partial charge in [-0.15, -0.1) is 24.0 Å². The Morgan fingerprint density at radius 1 is 1.36 bits per heavy atom. The van der Waals surface area contributed by atoms with Gasteiger partial charge < -0.3 is 19.9 Å². The molecule has 0 aliphatic carbocycles. The molecule has 9 heteroatoms. The van der Waals surface area contributed by atoms with Crippen molar-refractivity contribution in [3.8, 4) is 0 Å². The molecule has 2 aliphatic heterocycles. The average Bonchev–Trinajstić information content (AvgIpc) is 3.27. The molecule has 0 aromatic carbocycles. The SMILES string of the molecule is CN=C(NCc1ccnn1C)N1CCN(C(=O)C2CCCO2)CC1.I. The number of amides is 1. The second kappa shape index (κ2) is 9.37. The van der Waals surface area contributed by atoms with E-state index in [-0.39, 0.29) is 36.0 Å². The van der Waals surface area contributed by atoms with Crippen LogP contribution in [0, 0.1) is 0 Å². The number of piperazine rings is 1. The van der Waals surface area contributed by atoms with Crippen molar-refractivity contribution >= 4 is 35.8 Å². The summed E-state index contributed by atoms with van der Waals surface area (Å²) in [6.07, 6.45) is 3.40. The smallest absolute Gasteiger partial charge is 0.251 e. The lowest BCUT2D eigenvalue weighted by molar-refractivity contribution is -0.142. The quantitative estimate of drug-likeness (QED) is 0.401. The topological polar surface area (TPSA) is 75.0 Å². The Morgan fingerprint density at radius 3 is 2.64 bits per heavy atom. The first-order chi connectivity index (χ1) is 11.7. The summed E-state index contributed by atoms with van der Waals surface area (Å²) in [7, 11) is 3.71. The normalized spacial score (nSPS) is 21.2. The minimum absolute atomic E-state index is 0. The first-order valence-electron chi connectivity index (χ1n) is 8.52. The van der Waals surface area contributed by atoms with Gasteiger partial charge in [-0.25, -0.2) is 0 Å². The van der Waals surface area contributed by atoms with Crippen molar-refractivity contribution < 1.29 is 9.53 Å². The molecule has 8 nitrogen and oxygen atoms in total. The number of aromatic nitrogens is 2. The predicted octanol–water partition coefficient (Wildman–Crippen LogP) is 0.437. The molecule has 1 aromatic heterocycles. The van der Waals surface area contributed by atoms with E-state index in [9.17, 15) is 4.79 Å². The fraction of sp³-hybridized carbons (Fsp3) is 0.688. The van der Waals surface area contributed by atoms with E-state index >= 15 is 0 Å². The zero-order valence-corrected chi connectivity index (χ0v) is 17.2. The minimum atomic E-state index is -0.223. The van der Waals surface area contributed by atoms with Gasteiger partial charge in [-0.2, -0.15) is 5.10 Å². The summed E-state index contributed by atoms with van der Waals surface area (Å²) in [6.45, 7) is 4.38. The fourth-order valence-corrected chi connectivity index (χ4v) is 3.19. The maximum Gasteiger partial charge on any atom is 0.251 e. The molecule has 1 unspecified atom stereocenters. The van der Waals surface area contributed by atoms with E-state index < -0.39 is 0 Å². The monoisotopic (exact) mass is 462 g/mol. The average molecular weight is 462 g/mol. The molecule has 140 valence electrons. The number of aryl methyl sites for hydroxylation is 1. The van der Waals surface area contributed by atoms with E-state index in [4.69, 9.17) is 4.74 Å². The summed E-state index contributed by atoms with van der Waals surface area (Å²) in [5.41, 5.74) is 1.10. The van der Waals surface area contributed by atoms with Gasteiger partial charge in [0.05, 0.1) is 12.2 Å². The largest absolute Gasteiger partial charge is 0.368 e. The summed E-state index contributed by atoms with van der Waals surface area (Å²) in [5, 5.41) is 7.54. The van der Waals surface area contributed by atoms with Gasteiger partial charge in [0.2, 0.25) is 0 Å². The number of halogens is 1. The molecule has 1 atom stereocenters. The summed E-state index contributed by atoms with van der Waals surface area (Å²) in [4.78, 5) is 20.9. The van der Waals surface area contributed by atoms with Crippen molar-refractivity contribution in [3.63, 3.8) is 0 Å². The Balaban J connectivity index is 0.00000225. The number of ether oxygens (including phenoxy) is 1. The minimum Gasteiger partial charge on any atom is -0.368 e. The molecular formula is C16H27IN6O2. The van der Waals surface area contributed by atoms with Crippen molar-refractivity contribution in [1.29, 1.82) is 0 Å². The number of nitrogens with one attached hydrogen (secondary N) is 1. The molecule has 2 fully saturated rings. The molecule has 2 saturated heterocycles. The molecule has 0 spiro atoms. The van der Waals surface area contributed by atoms with Crippen LogP contribution >= 0.6 is 24.0 Å². The molecule has 0 saturated carbocycles. The van der Waals surface area contributed by atoms with Gasteiger partial charge in [-0.05, 0) is 18.9 Å². The van der Waals surface area contributed by atoms with Crippen molar-refractivity contribution in [3.05, 3.63) is 18.0 Å². The Morgan fingerprint density at radius 2 is 2.08 bits per heavy atom. The molecule has 3 heterocycles. The maximum atomic E-state index is 12.4. The van der Waals surface area contributed by atoms with Gasteiger partial charge in [0.25, 0.3) is 5.91 Å². The van der Waals surface area contributed by atoms with Crippen molar-refractivity contribution in [1.82, 2.24) is 24.9 Å². The van der Waals surface area contributed by atoms with Crippen LogP contribution in [0.25, 0.3) is 0 Å². The lowest BCUT2D eigenvalue weighted by atomic mass is 10.2. The van der Waals surface area contributed by atoms with Gasteiger partial charge in [0, 0.05) is 53.1 Å².